The van der Waals surface area contributed by atoms with E-state index in [1.54, 1.807) is 7.11 Å². The number of rotatable bonds is 7. The molecule has 1 rings (SSSR count). The zero-order chi connectivity index (χ0) is 14.3. The molecule has 0 saturated carbocycles. The van der Waals surface area contributed by atoms with E-state index in [9.17, 15) is 9.90 Å². The Balaban J connectivity index is 2.81. The van der Waals surface area contributed by atoms with E-state index in [0.29, 0.717) is 31.1 Å². The number of aromatic hydroxyl groups is 1. The van der Waals surface area contributed by atoms with Crippen LogP contribution in [0.2, 0.25) is 0 Å². The van der Waals surface area contributed by atoms with Gasteiger partial charge in [-0.25, -0.2) is 0 Å². The lowest BCUT2D eigenvalue weighted by Gasteiger charge is -2.22. The highest BCUT2D eigenvalue weighted by atomic mass is 32.1. The molecule has 1 amide bonds. The number of carbonyl (C=O) groups excluding carboxylic acids is 1. The highest BCUT2D eigenvalue weighted by molar-refractivity contribution is 7.80. The maximum atomic E-state index is 12.3. The van der Waals surface area contributed by atoms with Crippen molar-refractivity contribution >= 4 is 23.1 Å². The zero-order valence-electron chi connectivity index (χ0n) is 10.7. The van der Waals surface area contributed by atoms with Crippen LogP contribution in [-0.4, -0.2) is 52.7 Å². The van der Waals surface area contributed by atoms with Gasteiger partial charge in [-0.05, 0) is 6.07 Å². The van der Waals surface area contributed by atoms with Crippen molar-refractivity contribution in [3.63, 3.8) is 0 Å². The third-order valence-electron chi connectivity index (χ3n) is 2.51. The van der Waals surface area contributed by atoms with E-state index >= 15 is 0 Å². The topological polar surface area (TPSA) is 88.7 Å². The number of carbonyl (C=O) groups is 1. The molecule has 0 radical (unpaired) electrons. The van der Waals surface area contributed by atoms with Crippen LogP contribution in [0.5, 0.6) is 5.75 Å². The minimum Gasteiger partial charge on any atom is -0.505 e. The number of hydrogen-bond acceptors (Lipinski definition) is 5. The molecule has 1 aromatic rings. The Bertz CT molecular complexity index is 454. The Kier molecular flexibility index (Phi) is 6.17. The highest BCUT2D eigenvalue weighted by Crippen LogP contribution is 2.16. The third-order valence-corrected chi connectivity index (χ3v) is 2.72. The molecule has 1 aromatic heterocycles. The van der Waals surface area contributed by atoms with Gasteiger partial charge in [0.2, 0.25) is 0 Å². The fourth-order valence-electron chi connectivity index (χ4n) is 1.50. The van der Waals surface area contributed by atoms with Crippen molar-refractivity contribution in [2.75, 3.05) is 26.8 Å². The minimum atomic E-state index is -0.298. The van der Waals surface area contributed by atoms with Crippen molar-refractivity contribution in [3.05, 3.63) is 24.0 Å². The number of aromatic nitrogens is 1. The summed E-state index contributed by atoms with van der Waals surface area (Å²) in [5, 5.41) is 9.64. The first kappa shape index (κ1) is 15.3. The first-order chi connectivity index (χ1) is 9.06. The lowest BCUT2D eigenvalue weighted by Crippen LogP contribution is -2.36. The standard InChI is InChI=1S/C12H17N3O3S/c1-18-7-6-15(5-3-11(13)19)12(17)9-2-4-14-8-10(9)16/h2,4,8,16H,3,5-7H2,1H3,(H2,13,19). The van der Waals surface area contributed by atoms with Gasteiger partial charge in [0.15, 0.2) is 0 Å². The van der Waals surface area contributed by atoms with Gasteiger partial charge in [0.05, 0.1) is 23.4 Å². The third kappa shape index (κ3) is 4.80. The van der Waals surface area contributed by atoms with Gasteiger partial charge in [0.1, 0.15) is 5.75 Å². The van der Waals surface area contributed by atoms with Crippen LogP contribution in [0.4, 0.5) is 0 Å². The molecular weight excluding hydrogens is 266 g/mol. The second-order valence-corrected chi connectivity index (χ2v) is 4.42. The average molecular weight is 283 g/mol. The summed E-state index contributed by atoms with van der Waals surface area (Å²) in [6.45, 7) is 1.19. The predicted octanol–water partition coefficient (Wildman–Crippen LogP) is 0.552. The largest absolute Gasteiger partial charge is 0.505 e. The average Bonchev–Trinajstić information content (AvgIpc) is 2.38. The van der Waals surface area contributed by atoms with Gasteiger partial charge in [-0.15, -0.1) is 0 Å². The first-order valence-electron chi connectivity index (χ1n) is 5.75. The van der Waals surface area contributed by atoms with E-state index in [1.807, 2.05) is 0 Å². The molecule has 19 heavy (non-hydrogen) atoms. The lowest BCUT2D eigenvalue weighted by atomic mass is 10.2. The van der Waals surface area contributed by atoms with Gasteiger partial charge in [-0.1, -0.05) is 12.2 Å². The predicted molar refractivity (Wildman–Crippen MR) is 75.1 cm³/mol. The molecule has 0 aromatic carbocycles. The first-order valence-corrected chi connectivity index (χ1v) is 6.16. The minimum absolute atomic E-state index is 0.148. The zero-order valence-corrected chi connectivity index (χ0v) is 11.5. The van der Waals surface area contributed by atoms with Crippen LogP contribution < -0.4 is 5.73 Å². The molecule has 3 N–H and O–H groups in total. The maximum Gasteiger partial charge on any atom is 0.257 e. The summed E-state index contributed by atoms with van der Waals surface area (Å²) in [6, 6.07) is 1.47. The monoisotopic (exact) mass is 283 g/mol. The molecular formula is C12H17N3O3S. The smallest absolute Gasteiger partial charge is 0.257 e. The Morgan fingerprint density at radius 2 is 2.32 bits per heavy atom. The SMILES string of the molecule is COCCN(CCC(N)=S)C(=O)c1ccncc1O. The number of amides is 1. The van der Waals surface area contributed by atoms with Crippen LogP contribution in [0.1, 0.15) is 16.8 Å². The Morgan fingerprint density at radius 3 is 2.89 bits per heavy atom. The van der Waals surface area contributed by atoms with Crippen LogP contribution in [0, 0.1) is 0 Å². The number of nitrogens with zero attached hydrogens (tertiary/aromatic N) is 2. The van der Waals surface area contributed by atoms with Crippen LogP contribution in [0.15, 0.2) is 18.5 Å². The van der Waals surface area contributed by atoms with Crippen molar-refractivity contribution in [3.8, 4) is 5.75 Å². The summed E-state index contributed by atoms with van der Waals surface area (Å²) in [5.74, 6) is -0.446. The molecule has 0 saturated heterocycles. The quantitative estimate of drug-likeness (QED) is 0.711. The van der Waals surface area contributed by atoms with Crippen LogP contribution >= 0.6 is 12.2 Å². The molecule has 0 aliphatic rings. The molecule has 0 fully saturated rings. The Hall–Kier alpha value is -1.73. The van der Waals surface area contributed by atoms with Gasteiger partial charge in [-0.2, -0.15) is 0 Å². The van der Waals surface area contributed by atoms with Gasteiger partial charge in [-0.3, -0.25) is 9.78 Å². The molecule has 1 heterocycles. The van der Waals surface area contributed by atoms with Crippen molar-refractivity contribution < 1.29 is 14.6 Å². The van der Waals surface area contributed by atoms with Crippen molar-refractivity contribution in [1.29, 1.82) is 0 Å². The lowest BCUT2D eigenvalue weighted by molar-refractivity contribution is 0.0698. The summed E-state index contributed by atoms with van der Waals surface area (Å²) in [7, 11) is 1.56. The summed E-state index contributed by atoms with van der Waals surface area (Å²) < 4.78 is 4.96. The fraction of sp³-hybridized carbons (Fsp3) is 0.417. The molecule has 0 unspecified atom stereocenters. The Labute approximate surface area is 117 Å². The van der Waals surface area contributed by atoms with Crippen LogP contribution in [0.3, 0.4) is 0 Å². The summed E-state index contributed by atoms with van der Waals surface area (Å²) in [6.07, 6.45) is 3.11. The number of methoxy groups -OCH3 is 1. The number of nitrogens with two attached hydrogens (primary N) is 1. The summed E-state index contributed by atoms with van der Waals surface area (Å²) >= 11 is 4.80. The van der Waals surface area contributed by atoms with E-state index in [-0.39, 0.29) is 17.2 Å². The van der Waals surface area contributed by atoms with Gasteiger partial charge >= 0.3 is 0 Å². The fourth-order valence-corrected chi connectivity index (χ4v) is 1.59. The molecule has 6 nitrogen and oxygen atoms in total. The molecule has 7 heteroatoms. The summed E-state index contributed by atoms with van der Waals surface area (Å²) in [4.78, 5) is 17.9. The number of ether oxygens (including phenoxy) is 1. The van der Waals surface area contributed by atoms with Crippen molar-refractivity contribution in [1.82, 2.24) is 9.88 Å². The number of pyridine rings is 1. The van der Waals surface area contributed by atoms with Crippen LogP contribution in [-0.2, 0) is 4.74 Å². The van der Waals surface area contributed by atoms with Gasteiger partial charge in [0, 0.05) is 32.8 Å². The second-order valence-electron chi connectivity index (χ2n) is 3.89. The second kappa shape index (κ2) is 7.65. The molecule has 0 aliphatic carbocycles. The molecule has 0 atom stereocenters. The normalized spacial score (nSPS) is 10.2. The van der Waals surface area contributed by atoms with E-state index < -0.39 is 0 Å². The number of thiocarbonyl (C=S) groups is 1. The summed E-state index contributed by atoms with van der Waals surface area (Å²) in [5.41, 5.74) is 5.64. The molecule has 0 spiro atoms. The van der Waals surface area contributed by atoms with E-state index in [2.05, 4.69) is 4.98 Å². The van der Waals surface area contributed by atoms with Crippen molar-refractivity contribution in [2.45, 2.75) is 6.42 Å². The molecule has 0 aliphatic heterocycles. The highest BCUT2D eigenvalue weighted by Gasteiger charge is 2.18. The van der Waals surface area contributed by atoms with Gasteiger partial charge < -0.3 is 20.5 Å². The van der Waals surface area contributed by atoms with E-state index in [4.69, 9.17) is 22.7 Å². The molecule has 104 valence electrons. The Morgan fingerprint density at radius 1 is 1.58 bits per heavy atom. The van der Waals surface area contributed by atoms with E-state index in [1.165, 1.54) is 23.4 Å². The van der Waals surface area contributed by atoms with Crippen LogP contribution in [0.25, 0.3) is 0 Å². The maximum absolute atomic E-state index is 12.3. The van der Waals surface area contributed by atoms with Gasteiger partial charge in [0.25, 0.3) is 5.91 Å². The number of hydrogen-bond donors (Lipinski definition) is 2. The molecule has 0 bridgehead atoms. The van der Waals surface area contributed by atoms with E-state index in [0.717, 1.165) is 0 Å². The van der Waals surface area contributed by atoms with Crippen molar-refractivity contribution in [2.24, 2.45) is 5.73 Å².